The van der Waals surface area contributed by atoms with Crippen LogP contribution in [0.3, 0.4) is 0 Å². The summed E-state index contributed by atoms with van der Waals surface area (Å²) in [7, 11) is 1.68. The molecule has 7 heteroatoms. The Labute approximate surface area is 117 Å². The van der Waals surface area contributed by atoms with Crippen LogP contribution >= 0.6 is 33.9 Å². The molecule has 0 aliphatic heterocycles. The molecule has 1 atom stereocenters. The smallest absolute Gasteiger partial charge is 0.222 e. The molecule has 2 heterocycles. The van der Waals surface area contributed by atoms with Crippen molar-refractivity contribution in [3.63, 3.8) is 0 Å². The number of nitrogen functional groups attached to an aromatic ring is 1. The number of halogens is 1. The number of nitrogens with zero attached hydrogens (tertiary/aromatic N) is 2. The van der Waals surface area contributed by atoms with Gasteiger partial charge in [-0.05, 0) is 35.6 Å². The minimum absolute atomic E-state index is 0.178. The largest absolute Gasteiger partial charge is 0.383 e. The van der Waals surface area contributed by atoms with Crippen molar-refractivity contribution in [3.8, 4) is 0 Å². The van der Waals surface area contributed by atoms with Gasteiger partial charge in [0.05, 0.1) is 19.7 Å². The van der Waals surface area contributed by atoms with Crippen LogP contribution < -0.4 is 11.1 Å². The van der Waals surface area contributed by atoms with E-state index in [4.69, 9.17) is 10.5 Å². The average molecular weight is 364 g/mol. The summed E-state index contributed by atoms with van der Waals surface area (Å²) in [5.41, 5.74) is 6.58. The van der Waals surface area contributed by atoms with Gasteiger partial charge in [0.25, 0.3) is 0 Å². The molecule has 2 rings (SSSR count). The standard InChI is InChI=1S/C10H13IN4OS/c1-5(4-16-2)13-9-8-6(3-7(11)17-8)14-10(12)15-9/h3,5H,4H2,1-2H3,(H3,12,13,14,15)/t5-/m1/s1. The number of hydrogen-bond acceptors (Lipinski definition) is 6. The molecule has 0 bridgehead atoms. The van der Waals surface area contributed by atoms with Crippen molar-refractivity contribution in [3.05, 3.63) is 8.95 Å². The van der Waals surface area contributed by atoms with E-state index in [0.29, 0.717) is 12.6 Å². The normalized spacial score (nSPS) is 12.9. The monoisotopic (exact) mass is 364 g/mol. The van der Waals surface area contributed by atoms with E-state index in [9.17, 15) is 0 Å². The van der Waals surface area contributed by atoms with E-state index in [0.717, 1.165) is 16.0 Å². The summed E-state index contributed by atoms with van der Waals surface area (Å²) in [4.78, 5) is 8.46. The molecule has 0 radical (unpaired) electrons. The van der Waals surface area contributed by atoms with Crippen LogP contribution in [0.15, 0.2) is 6.07 Å². The first-order valence-corrected chi connectivity index (χ1v) is 6.97. The van der Waals surface area contributed by atoms with Gasteiger partial charge in [-0.15, -0.1) is 11.3 Å². The Kier molecular flexibility index (Phi) is 4.00. The van der Waals surface area contributed by atoms with Crippen molar-refractivity contribution in [1.29, 1.82) is 0 Å². The third-order valence-corrected chi connectivity index (χ3v) is 4.05. The minimum atomic E-state index is 0.178. The number of thiophene rings is 1. The lowest BCUT2D eigenvalue weighted by molar-refractivity contribution is 0.190. The maximum Gasteiger partial charge on any atom is 0.222 e. The van der Waals surface area contributed by atoms with Gasteiger partial charge in [-0.2, -0.15) is 4.98 Å². The van der Waals surface area contributed by atoms with E-state index >= 15 is 0 Å². The van der Waals surface area contributed by atoms with Gasteiger partial charge < -0.3 is 15.8 Å². The van der Waals surface area contributed by atoms with E-state index in [2.05, 4.69) is 37.9 Å². The van der Waals surface area contributed by atoms with E-state index < -0.39 is 0 Å². The zero-order valence-corrected chi connectivity index (χ0v) is 12.5. The third kappa shape index (κ3) is 2.96. The topological polar surface area (TPSA) is 73.1 Å². The number of methoxy groups -OCH3 is 1. The quantitative estimate of drug-likeness (QED) is 0.815. The molecular weight excluding hydrogens is 351 g/mol. The van der Waals surface area contributed by atoms with Crippen molar-refractivity contribution >= 4 is 55.9 Å². The molecule has 2 aromatic heterocycles. The lowest BCUT2D eigenvalue weighted by atomic mass is 10.3. The molecule has 0 spiro atoms. The predicted octanol–water partition coefficient (Wildman–Crippen LogP) is 2.32. The Bertz CT molecular complexity index is 530. The fourth-order valence-electron chi connectivity index (χ4n) is 1.54. The first-order valence-electron chi connectivity index (χ1n) is 5.08. The lowest BCUT2D eigenvalue weighted by Crippen LogP contribution is -2.21. The predicted molar refractivity (Wildman–Crippen MR) is 79.5 cm³/mol. The Hall–Kier alpha value is -0.670. The van der Waals surface area contributed by atoms with Crippen molar-refractivity contribution in [2.24, 2.45) is 0 Å². The molecular formula is C10H13IN4OS. The molecule has 17 heavy (non-hydrogen) atoms. The summed E-state index contributed by atoms with van der Waals surface area (Å²) < 4.78 is 7.29. The van der Waals surface area contributed by atoms with Crippen LogP contribution in [0.5, 0.6) is 0 Å². The first-order chi connectivity index (χ1) is 8.10. The summed E-state index contributed by atoms with van der Waals surface area (Å²) in [5.74, 6) is 1.07. The highest BCUT2D eigenvalue weighted by Gasteiger charge is 2.11. The van der Waals surface area contributed by atoms with Gasteiger partial charge in [-0.1, -0.05) is 0 Å². The summed E-state index contributed by atoms with van der Waals surface area (Å²) in [5, 5.41) is 3.29. The van der Waals surface area contributed by atoms with Crippen molar-refractivity contribution in [1.82, 2.24) is 9.97 Å². The van der Waals surface area contributed by atoms with Crippen molar-refractivity contribution in [2.45, 2.75) is 13.0 Å². The number of fused-ring (bicyclic) bond motifs is 1. The maximum atomic E-state index is 5.69. The Balaban J connectivity index is 2.37. The lowest BCUT2D eigenvalue weighted by Gasteiger charge is -2.13. The van der Waals surface area contributed by atoms with Gasteiger partial charge in [-0.3, -0.25) is 0 Å². The number of aromatic nitrogens is 2. The second-order valence-corrected chi connectivity index (χ2v) is 6.64. The van der Waals surface area contributed by atoms with Gasteiger partial charge in [0.1, 0.15) is 5.82 Å². The van der Waals surface area contributed by atoms with Crippen molar-refractivity contribution in [2.75, 3.05) is 24.8 Å². The number of rotatable bonds is 4. The highest BCUT2D eigenvalue weighted by molar-refractivity contribution is 14.1. The summed E-state index contributed by atoms with van der Waals surface area (Å²) >= 11 is 3.92. The van der Waals surface area contributed by atoms with Crippen LogP contribution in [0.25, 0.3) is 10.2 Å². The number of anilines is 2. The van der Waals surface area contributed by atoms with Crippen LogP contribution in [0.4, 0.5) is 11.8 Å². The Morgan fingerprint density at radius 3 is 3.06 bits per heavy atom. The molecule has 0 aliphatic rings. The Morgan fingerprint density at radius 1 is 1.59 bits per heavy atom. The molecule has 0 amide bonds. The summed E-state index contributed by atoms with van der Waals surface area (Å²) in [6, 6.07) is 2.18. The zero-order valence-electron chi connectivity index (χ0n) is 9.53. The van der Waals surface area contributed by atoms with Crippen LogP contribution in [0.2, 0.25) is 0 Å². The number of nitrogens with two attached hydrogens (primary N) is 1. The summed E-state index contributed by atoms with van der Waals surface area (Å²) in [6.07, 6.45) is 0. The van der Waals surface area contributed by atoms with Crippen LogP contribution in [0.1, 0.15) is 6.92 Å². The number of ether oxygens (including phenoxy) is 1. The zero-order chi connectivity index (χ0) is 12.4. The molecule has 92 valence electrons. The van der Waals surface area contributed by atoms with Gasteiger partial charge in [0.15, 0.2) is 0 Å². The Morgan fingerprint density at radius 2 is 2.35 bits per heavy atom. The second kappa shape index (κ2) is 5.32. The van der Waals surface area contributed by atoms with Gasteiger partial charge in [-0.25, -0.2) is 4.98 Å². The molecule has 0 aromatic carbocycles. The second-order valence-electron chi connectivity index (χ2n) is 3.70. The SMILES string of the molecule is COC[C@@H](C)Nc1nc(N)nc2cc(I)sc12. The molecule has 5 nitrogen and oxygen atoms in total. The van der Waals surface area contributed by atoms with Crippen LogP contribution in [0, 0.1) is 2.88 Å². The van der Waals surface area contributed by atoms with E-state index in [1.54, 1.807) is 18.4 Å². The van der Waals surface area contributed by atoms with Gasteiger partial charge in [0.2, 0.25) is 5.95 Å². The number of nitrogens with one attached hydrogen (secondary N) is 1. The van der Waals surface area contributed by atoms with Gasteiger partial charge >= 0.3 is 0 Å². The highest BCUT2D eigenvalue weighted by Crippen LogP contribution is 2.31. The maximum absolute atomic E-state index is 5.69. The van der Waals surface area contributed by atoms with E-state index in [1.165, 1.54) is 2.88 Å². The number of hydrogen-bond donors (Lipinski definition) is 2. The summed E-state index contributed by atoms with van der Waals surface area (Å²) in [6.45, 7) is 2.65. The van der Waals surface area contributed by atoms with Crippen LogP contribution in [-0.4, -0.2) is 29.7 Å². The van der Waals surface area contributed by atoms with E-state index in [-0.39, 0.29) is 6.04 Å². The van der Waals surface area contributed by atoms with Crippen molar-refractivity contribution < 1.29 is 4.74 Å². The molecule has 0 aliphatic carbocycles. The fraction of sp³-hybridized carbons (Fsp3) is 0.400. The fourth-order valence-corrected chi connectivity index (χ4v) is 3.27. The molecule has 2 aromatic rings. The highest BCUT2D eigenvalue weighted by atomic mass is 127. The molecule has 0 saturated heterocycles. The molecule has 0 fully saturated rings. The average Bonchev–Trinajstić information content (AvgIpc) is 2.58. The minimum Gasteiger partial charge on any atom is -0.383 e. The molecule has 3 N–H and O–H groups in total. The third-order valence-electron chi connectivity index (χ3n) is 2.16. The van der Waals surface area contributed by atoms with E-state index in [1.807, 2.05) is 13.0 Å². The first kappa shape index (κ1) is 12.8. The molecule has 0 saturated carbocycles. The van der Waals surface area contributed by atoms with Gasteiger partial charge in [0, 0.05) is 13.2 Å². The molecule has 0 unspecified atom stereocenters. The van der Waals surface area contributed by atoms with Crippen LogP contribution in [-0.2, 0) is 4.74 Å².